The number of benzene rings is 2. The number of carbonyl (C=O) groups excluding carboxylic acids is 7. The van der Waals surface area contributed by atoms with Crippen molar-refractivity contribution in [2.45, 2.75) is 88.0 Å². The summed E-state index contributed by atoms with van der Waals surface area (Å²) in [7, 11) is 1.17. The molecule has 366 valence electrons. The minimum Gasteiger partial charge on any atom is -0.368 e. The van der Waals surface area contributed by atoms with Gasteiger partial charge in [-0.05, 0) is 62.4 Å². The number of rotatable bonds is 10. The third-order valence-electron chi connectivity index (χ3n) is 14.0. The van der Waals surface area contributed by atoms with Crippen LogP contribution in [-0.2, 0) is 25.4 Å². The van der Waals surface area contributed by atoms with E-state index in [1.54, 1.807) is 23.1 Å². The predicted octanol–water partition coefficient (Wildman–Crippen LogP) is 3.93. The number of nitrogens with zero attached hydrogens (tertiary/aromatic N) is 8. The summed E-state index contributed by atoms with van der Waals surface area (Å²) >= 11 is 0. The van der Waals surface area contributed by atoms with Crippen molar-refractivity contribution in [1.82, 2.24) is 35.3 Å². The van der Waals surface area contributed by atoms with Gasteiger partial charge in [0.1, 0.15) is 11.7 Å². The number of imide groups is 2. The van der Waals surface area contributed by atoms with Gasteiger partial charge in [0.05, 0.1) is 40.8 Å². The second-order valence-corrected chi connectivity index (χ2v) is 18.3. The number of anilines is 5. The highest BCUT2D eigenvalue weighted by Crippen LogP contribution is 2.41. The summed E-state index contributed by atoms with van der Waals surface area (Å²) in [5.74, 6) is -8.61. The molecule has 1 saturated carbocycles. The van der Waals surface area contributed by atoms with Crippen LogP contribution in [0.5, 0.6) is 0 Å². The van der Waals surface area contributed by atoms with Gasteiger partial charge in [-0.2, -0.15) is 26.9 Å². The third-order valence-corrected chi connectivity index (χ3v) is 14.0. The van der Waals surface area contributed by atoms with Crippen LogP contribution >= 0.6 is 0 Å². The number of halogens is 5. The van der Waals surface area contributed by atoms with Crippen molar-refractivity contribution in [3.8, 4) is 0 Å². The van der Waals surface area contributed by atoms with Crippen molar-refractivity contribution >= 4 is 70.2 Å². The molecule has 1 aliphatic carbocycles. The van der Waals surface area contributed by atoms with E-state index in [1.807, 2.05) is 4.90 Å². The number of piperidine rings is 2. The number of hydrogen-bond acceptors (Lipinski definition) is 13. The molecule has 6 aliphatic rings. The number of likely N-dealkylation sites (tertiary alicyclic amines) is 1. The van der Waals surface area contributed by atoms with Gasteiger partial charge in [0, 0.05) is 83.3 Å². The van der Waals surface area contributed by atoms with Gasteiger partial charge in [-0.3, -0.25) is 48.7 Å². The normalized spacial score (nSPS) is 21.6. The molecule has 1 unspecified atom stereocenters. The zero-order valence-electron chi connectivity index (χ0n) is 37.6. The van der Waals surface area contributed by atoms with Gasteiger partial charge < -0.3 is 30.2 Å². The van der Waals surface area contributed by atoms with Crippen LogP contribution in [0.4, 0.5) is 50.8 Å². The van der Waals surface area contributed by atoms with Crippen LogP contribution in [0.1, 0.15) is 94.4 Å². The Kier molecular flexibility index (Phi) is 12.8. The fourth-order valence-corrected chi connectivity index (χ4v) is 10.2. The molecule has 0 spiro atoms. The lowest BCUT2D eigenvalue weighted by atomic mass is 10.0. The van der Waals surface area contributed by atoms with Gasteiger partial charge >= 0.3 is 12.1 Å². The Morgan fingerprint density at radius 1 is 0.884 bits per heavy atom. The molecule has 0 bridgehead atoms. The van der Waals surface area contributed by atoms with Crippen LogP contribution in [0.3, 0.4) is 0 Å². The number of aromatic nitrogens is 2. The Balaban J connectivity index is 0.765. The lowest BCUT2D eigenvalue weighted by molar-refractivity contribution is -0.140. The maximum absolute atomic E-state index is 15.0. The molecule has 3 aromatic rings. The molecule has 3 N–H and O–H groups in total. The van der Waals surface area contributed by atoms with Crippen LogP contribution in [0, 0.1) is 0 Å². The summed E-state index contributed by atoms with van der Waals surface area (Å²) in [5.41, 5.74) is -0.914. The van der Waals surface area contributed by atoms with E-state index in [2.05, 4.69) is 30.8 Å². The van der Waals surface area contributed by atoms with E-state index in [0.29, 0.717) is 83.3 Å². The second kappa shape index (κ2) is 18.6. The lowest BCUT2D eigenvalue weighted by Crippen LogP contribution is -2.54. The molecule has 18 nitrogen and oxygen atoms in total. The molecular formula is C46H50F5N11O7. The highest BCUT2D eigenvalue weighted by molar-refractivity contribution is 6.25. The fraction of sp³-hybridized carbons (Fsp3) is 0.500. The smallest absolute Gasteiger partial charge is 0.368 e. The number of hydrogen-bond donors (Lipinski definition) is 3. The van der Waals surface area contributed by atoms with E-state index < -0.39 is 77.4 Å². The molecule has 4 fully saturated rings. The summed E-state index contributed by atoms with van der Waals surface area (Å²) in [6, 6.07) is 6.17. The summed E-state index contributed by atoms with van der Waals surface area (Å²) in [5, 5.41) is 7.56. The van der Waals surface area contributed by atoms with Gasteiger partial charge in [0.25, 0.3) is 23.6 Å². The van der Waals surface area contributed by atoms with Gasteiger partial charge in [-0.15, -0.1) is 0 Å². The zero-order valence-corrected chi connectivity index (χ0v) is 37.6. The Hall–Kier alpha value is -6.78. The Morgan fingerprint density at radius 2 is 1.61 bits per heavy atom. The molecule has 1 atom stereocenters. The highest BCUT2D eigenvalue weighted by Gasteiger charge is 2.50. The fourth-order valence-electron chi connectivity index (χ4n) is 10.2. The SMILES string of the molecule is CN1C(=O)C(F)(F)CN(C2CCCC2)c2nc(Nc3ccc(C(=O)NC4CCN(C(=O)CCN5CCN(c6cccc7c6C(=O)N(C6CCC(=O)NC6=O)C7=O)CC5)CC4)cc3C(F)(F)F)ncc21. The lowest BCUT2D eigenvalue weighted by Gasteiger charge is -2.37. The number of amides is 7. The highest BCUT2D eigenvalue weighted by atomic mass is 19.4. The van der Waals surface area contributed by atoms with Crippen LogP contribution in [-0.4, -0.2) is 149 Å². The first-order chi connectivity index (χ1) is 32.9. The number of fused-ring (bicyclic) bond motifs is 2. The van der Waals surface area contributed by atoms with E-state index in [4.69, 9.17) is 0 Å². The van der Waals surface area contributed by atoms with Crippen molar-refractivity contribution in [2.24, 2.45) is 0 Å². The minimum absolute atomic E-state index is 0.00226. The predicted molar refractivity (Wildman–Crippen MR) is 238 cm³/mol. The second-order valence-electron chi connectivity index (χ2n) is 18.3. The quantitative estimate of drug-likeness (QED) is 0.195. The van der Waals surface area contributed by atoms with Crippen molar-refractivity contribution in [2.75, 3.05) is 79.4 Å². The largest absolute Gasteiger partial charge is 0.418 e. The molecule has 5 aliphatic heterocycles. The molecule has 3 saturated heterocycles. The van der Waals surface area contributed by atoms with Crippen molar-refractivity contribution in [3.63, 3.8) is 0 Å². The van der Waals surface area contributed by atoms with Crippen molar-refractivity contribution in [1.29, 1.82) is 0 Å². The number of carbonyl (C=O) groups is 7. The molecule has 1 aromatic heterocycles. The van der Waals surface area contributed by atoms with Crippen LogP contribution in [0.2, 0.25) is 0 Å². The van der Waals surface area contributed by atoms with Crippen LogP contribution in [0.25, 0.3) is 0 Å². The summed E-state index contributed by atoms with van der Waals surface area (Å²) in [6.07, 6.45) is -0.00693. The molecular weight excluding hydrogens is 914 g/mol. The number of alkyl halides is 5. The molecule has 7 amide bonds. The Labute approximate surface area is 392 Å². The van der Waals surface area contributed by atoms with E-state index in [9.17, 15) is 46.7 Å². The standard InChI is InChI=1S/C46H50F5N11O7/c1-57-34-24-52-44(56-38(34)61(28-5-2-3-6-28)25-45(47,48)43(57)69)54-31-10-9-26(23-30(31)46(49,50)51)39(65)53-27-13-17-60(18-14-27)36(64)15-16-58-19-21-59(22-20-58)32-8-4-7-29-37(32)42(68)62(41(29)67)33-11-12-35(63)55-40(33)66/h4,7-10,23-24,27-28,33H,2-3,5-6,11-22,25H2,1H3,(H,53,65)(H,52,54,56)(H,55,63,66). The monoisotopic (exact) mass is 963 g/mol. The first-order valence-electron chi connectivity index (χ1n) is 23.1. The van der Waals surface area contributed by atoms with E-state index in [1.165, 1.54) is 18.0 Å². The van der Waals surface area contributed by atoms with Gasteiger partial charge in [-0.25, -0.2) is 4.98 Å². The maximum atomic E-state index is 15.0. The first-order valence-corrected chi connectivity index (χ1v) is 23.1. The summed E-state index contributed by atoms with van der Waals surface area (Å²) < 4.78 is 73.7. The molecule has 23 heteroatoms. The van der Waals surface area contributed by atoms with Gasteiger partial charge in [0.15, 0.2) is 5.82 Å². The van der Waals surface area contributed by atoms with E-state index in [-0.39, 0.29) is 65.4 Å². The molecule has 2 aromatic carbocycles. The number of nitrogens with one attached hydrogen (secondary N) is 3. The van der Waals surface area contributed by atoms with Crippen LogP contribution < -0.4 is 30.7 Å². The molecule has 69 heavy (non-hydrogen) atoms. The van der Waals surface area contributed by atoms with E-state index >= 15 is 8.78 Å². The average molecular weight is 964 g/mol. The first kappa shape index (κ1) is 47.3. The van der Waals surface area contributed by atoms with Crippen LogP contribution in [0.15, 0.2) is 42.6 Å². The van der Waals surface area contributed by atoms with Crippen molar-refractivity contribution in [3.05, 3.63) is 64.8 Å². The van der Waals surface area contributed by atoms with Crippen molar-refractivity contribution < 1.29 is 55.5 Å². The number of piperazine rings is 1. The van der Waals surface area contributed by atoms with Gasteiger partial charge in [0.2, 0.25) is 23.7 Å². The maximum Gasteiger partial charge on any atom is 0.418 e. The molecule has 0 radical (unpaired) electrons. The molecule has 6 heterocycles. The average Bonchev–Trinajstić information content (AvgIpc) is 3.94. The minimum atomic E-state index is -4.93. The summed E-state index contributed by atoms with van der Waals surface area (Å²) in [6.45, 7) is 2.35. The molecule has 9 rings (SSSR count). The van der Waals surface area contributed by atoms with E-state index in [0.717, 1.165) is 34.9 Å². The Morgan fingerprint density at radius 3 is 2.30 bits per heavy atom. The van der Waals surface area contributed by atoms with Gasteiger partial charge in [-0.1, -0.05) is 18.9 Å². The third kappa shape index (κ3) is 9.39. The summed E-state index contributed by atoms with van der Waals surface area (Å²) in [4.78, 5) is 108. The Bertz CT molecular complexity index is 2590. The zero-order chi connectivity index (χ0) is 48.9. The topological polar surface area (TPSA) is 201 Å².